The first kappa shape index (κ1) is 14.7. The first-order valence-electron chi connectivity index (χ1n) is 5.74. The number of primary amides is 1. The number of rotatable bonds is 5. The lowest BCUT2D eigenvalue weighted by molar-refractivity contribution is -0.129. The minimum Gasteiger partial charge on any atom is -0.368 e. The molecule has 0 unspecified atom stereocenters. The second kappa shape index (κ2) is 6.54. The third-order valence-electron chi connectivity index (χ3n) is 2.54. The molecule has 0 aliphatic heterocycles. The van der Waals surface area contributed by atoms with E-state index in [9.17, 15) is 9.59 Å². The third-order valence-corrected chi connectivity index (χ3v) is 3.07. The Kier molecular flexibility index (Phi) is 5.34. The van der Waals surface area contributed by atoms with Crippen molar-refractivity contribution in [3.63, 3.8) is 0 Å². The third kappa shape index (κ3) is 4.49. The van der Waals surface area contributed by atoms with E-state index in [4.69, 9.17) is 5.73 Å². The van der Waals surface area contributed by atoms with Gasteiger partial charge in [-0.05, 0) is 17.7 Å². The number of hydrogen-bond donors (Lipinski definition) is 2. The van der Waals surface area contributed by atoms with Gasteiger partial charge < -0.3 is 11.1 Å². The summed E-state index contributed by atoms with van der Waals surface area (Å²) in [5.41, 5.74) is 6.25. The zero-order valence-electron chi connectivity index (χ0n) is 10.4. The van der Waals surface area contributed by atoms with Gasteiger partial charge in [0.1, 0.15) is 6.04 Å². The van der Waals surface area contributed by atoms with Crippen LogP contribution in [0.2, 0.25) is 0 Å². The molecule has 0 spiro atoms. The van der Waals surface area contributed by atoms with E-state index < -0.39 is 11.9 Å². The number of nitrogens with one attached hydrogen (secondary N) is 1. The first-order valence-corrected chi connectivity index (χ1v) is 6.53. The molecule has 4 nitrogen and oxygen atoms in total. The Labute approximate surface area is 115 Å². The number of hydrogen-bond acceptors (Lipinski definition) is 2. The summed E-state index contributed by atoms with van der Waals surface area (Å²) in [5.74, 6) is -0.861. The number of benzene rings is 1. The minimum atomic E-state index is -0.666. The van der Waals surface area contributed by atoms with E-state index in [1.807, 2.05) is 24.3 Å². The van der Waals surface area contributed by atoms with Crippen molar-refractivity contribution < 1.29 is 9.59 Å². The highest BCUT2D eigenvalue weighted by atomic mass is 79.9. The van der Waals surface area contributed by atoms with Crippen LogP contribution in [0.15, 0.2) is 28.7 Å². The van der Waals surface area contributed by atoms with E-state index in [0.717, 1.165) is 10.0 Å². The van der Waals surface area contributed by atoms with E-state index in [0.29, 0.717) is 6.42 Å². The van der Waals surface area contributed by atoms with Crippen molar-refractivity contribution in [1.82, 2.24) is 5.32 Å². The monoisotopic (exact) mass is 312 g/mol. The highest BCUT2D eigenvalue weighted by molar-refractivity contribution is 9.10. The molecule has 0 aliphatic rings. The Morgan fingerprint density at radius 3 is 2.28 bits per heavy atom. The molecule has 1 aromatic rings. The Morgan fingerprint density at radius 2 is 1.83 bits per heavy atom. The van der Waals surface area contributed by atoms with Crippen LogP contribution in [0, 0.1) is 5.92 Å². The van der Waals surface area contributed by atoms with Crippen molar-refractivity contribution in [2.75, 3.05) is 0 Å². The van der Waals surface area contributed by atoms with Gasteiger partial charge in [0.2, 0.25) is 11.8 Å². The fraction of sp³-hybridized carbons (Fsp3) is 0.385. The SMILES string of the molecule is CC(C)C(=O)N[C@@H](Cc1ccc(Br)cc1)C(N)=O. The molecule has 18 heavy (non-hydrogen) atoms. The van der Waals surface area contributed by atoms with Crippen molar-refractivity contribution in [3.8, 4) is 0 Å². The van der Waals surface area contributed by atoms with E-state index >= 15 is 0 Å². The zero-order valence-corrected chi connectivity index (χ0v) is 12.0. The molecule has 1 atom stereocenters. The Bertz CT molecular complexity index is 429. The molecule has 0 aliphatic carbocycles. The van der Waals surface area contributed by atoms with Gasteiger partial charge in [-0.15, -0.1) is 0 Å². The summed E-state index contributed by atoms with van der Waals surface area (Å²) in [5, 5.41) is 2.65. The van der Waals surface area contributed by atoms with Crippen LogP contribution in [0.1, 0.15) is 19.4 Å². The van der Waals surface area contributed by atoms with Crippen LogP contribution in [-0.4, -0.2) is 17.9 Å². The molecule has 1 aromatic carbocycles. The summed E-state index contributed by atoms with van der Waals surface area (Å²) in [6.07, 6.45) is 0.404. The molecular weight excluding hydrogens is 296 g/mol. The van der Waals surface area contributed by atoms with Crippen LogP contribution in [0.4, 0.5) is 0 Å². The average Bonchev–Trinajstić information content (AvgIpc) is 2.30. The molecule has 5 heteroatoms. The standard InChI is InChI=1S/C13H17BrN2O2/c1-8(2)13(18)16-11(12(15)17)7-9-3-5-10(14)6-4-9/h3-6,8,11H,7H2,1-2H3,(H2,15,17)(H,16,18)/t11-/m0/s1. The molecule has 0 saturated carbocycles. The summed E-state index contributed by atoms with van der Waals surface area (Å²) < 4.78 is 0.966. The van der Waals surface area contributed by atoms with Crippen LogP contribution in [0.25, 0.3) is 0 Å². The first-order chi connectivity index (χ1) is 8.40. The second-order valence-corrected chi connectivity index (χ2v) is 5.36. The Hall–Kier alpha value is -1.36. The predicted molar refractivity (Wildman–Crippen MR) is 73.8 cm³/mol. The molecule has 0 bridgehead atoms. The maximum Gasteiger partial charge on any atom is 0.240 e. The van der Waals surface area contributed by atoms with E-state index in [2.05, 4.69) is 21.2 Å². The van der Waals surface area contributed by atoms with Gasteiger partial charge in [-0.3, -0.25) is 9.59 Å². The number of carbonyl (C=O) groups excluding carboxylic acids is 2. The quantitative estimate of drug-likeness (QED) is 0.867. The number of nitrogens with two attached hydrogens (primary N) is 1. The van der Waals surface area contributed by atoms with Gasteiger partial charge in [-0.25, -0.2) is 0 Å². The molecule has 3 N–H and O–H groups in total. The molecule has 98 valence electrons. The lowest BCUT2D eigenvalue weighted by Gasteiger charge is -2.17. The van der Waals surface area contributed by atoms with Crippen molar-refractivity contribution in [2.45, 2.75) is 26.3 Å². The van der Waals surface area contributed by atoms with Crippen LogP contribution in [0.3, 0.4) is 0 Å². The Balaban J connectivity index is 2.72. The van der Waals surface area contributed by atoms with Crippen molar-refractivity contribution in [3.05, 3.63) is 34.3 Å². The van der Waals surface area contributed by atoms with Gasteiger partial charge in [-0.1, -0.05) is 41.9 Å². The smallest absolute Gasteiger partial charge is 0.240 e. The minimum absolute atomic E-state index is 0.170. The topological polar surface area (TPSA) is 72.2 Å². The van der Waals surface area contributed by atoms with Crippen molar-refractivity contribution >= 4 is 27.7 Å². The van der Waals surface area contributed by atoms with Gasteiger partial charge in [0, 0.05) is 16.8 Å². The molecule has 0 radical (unpaired) electrons. The maximum absolute atomic E-state index is 11.6. The molecular formula is C13H17BrN2O2. The van der Waals surface area contributed by atoms with Gasteiger partial charge in [0.15, 0.2) is 0 Å². The predicted octanol–water partition coefficient (Wildman–Crippen LogP) is 1.62. The largest absolute Gasteiger partial charge is 0.368 e. The normalized spacial score (nSPS) is 12.2. The number of halogens is 1. The second-order valence-electron chi connectivity index (χ2n) is 4.45. The Morgan fingerprint density at radius 1 is 1.28 bits per heavy atom. The van der Waals surface area contributed by atoms with E-state index in [-0.39, 0.29) is 11.8 Å². The summed E-state index contributed by atoms with van der Waals surface area (Å²) in [6.45, 7) is 3.54. The van der Waals surface area contributed by atoms with Crippen LogP contribution >= 0.6 is 15.9 Å². The molecule has 1 rings (SSSR count). The average molecular weight is 313 g/mol. The van der Waals surface area contributed by atoms with Crippen molar-refractivity contribution in [2.24, 2.45) is 11.7 Å². The van der Waals surface area contributed by atoms with Crippen molar-refractivity contribution in [1.29, 1.82) is 0 Å². The molecule has 0 heterocycles. The lowest BCUT2D eigenvalue weighted by atomic mass is 10.0. The van der Waals surface area contributed by atoms with Crippen LogP contribution in [0.5, 0.6) is 0 Å². The summed E-state index contributed by atoms with van der Waals surface area (Å²) in [4.78, 5) is 22.9. The molecule has 0 aromatic heterocycles. The highest BCUT2D eigenvalue weighted by Crippen LogP contribution is 2.12. The molecule has 2 amide bonds. The fourth-order valence-electron chi connectivity index (χ4n) is 1.42. The summed E-state index contributed by atoms with van der Waals surface area (Å²) >= 11 is 3.34. The summed E-state index contributed by atoms with van der Waals surface area (Å²) in [7, 11) is 0. The van der Waals surface area contributed by atoms with Crippen LogP contribution in [-0.2, 0) is 16.0 Å². The fourth-order valence-corrected chi connectivity index (χ4v) is 1.68. The summed E-state index contributed by atoms with van der Waals surface area (Å²) in [6, 6.07) is 6.89. The molecule has 0 saturated heterocycles. The zero-order chi connectivity index (χ0) is 13.7. The van der Waals surface area contributed by atoms with Gasteiger partial charge >= 0.3 is 0 Å². The van der Waals surface area contributed by atoms with Crippen LogP contribution < -0.4 is 11.1 Å². The van der Waals surface area contributed by atoms with E-state index in [1.54, 1.807) is 13.8 Å². The number of amides is 2. The lowest BCUT2D eigenvalue weighted by Crippen LogP contribution is -2.47. The highest BCUT2D eigenvalue weighted by Gasteiger charge is 2.19. The van der Waals surface area contributed by atoms with E-state index in [1.165, 1.54) is 0 Å². The van der Waals surface area contributed by atoms with Gasteiger partial charge in [0.05, 0.1) is 0 Å². The van der Waals surface area contributed by atoms with Gasteiger partial charge in [0.25, 0.3) is 0 Å². The maximum atomic E-state index is 11.6. The molecule has 0 fully saturated rings. The number of carbonyl (C=O) groups is 2. The van der Waals surface area contributed by atoms with Gasteiger partial charge in [-0.2, -0.15) is 0 Å².